The number of likely N-dealkylation sites (N-methyl/N-ethyl adjacent to an activating group) is 1. The number of piperazine rings is 1. The molecule has 6 nitrogen and oxygen atoms in total. The second kappa shape index (κ2) is 7.43. The van der Waals surface area contributed by atoms with Gasteiger partial charge < -0.3 is 9.80 Å². The average molecular weight is 365 g/mol. The summed E-state index contributed by atoms with van der Waals surface area (Å²) in [6.07, 6.45) is 1.43. The van der Waals surface area contributed by atoms with Crippen molar-refractivity contribution in [3.05, 3.63) is 24.3 Å². The van der Waals surface area contributed by atoms with Crippen molar-refractivity contribution in [3.63, 3.8) is 0 Å². The quantitative estimate of drug-likeness (QED) is 0.785. The summed E-state index contributed by atoms with van der Waals surface area (Å²) < 4.78 is 25.5. The van der Waals surface area contributed by atoms with E-state index in [0.717, 1.165) is 38.3 Å². The van der Waals surface area contributed by atoms with Crippen molar-refractivity contribution in [3.8, 4) is 0 Å². The molecule has 1 aromatic rings. The minimum atomic E-state index is -3.33. The van der Waals surface area contributed by atoms with E-state index in [1.807, 2.05) is 6.92 Å². The van der Waals surface area contributed by atoms with Gasteiger partial charge in [-0.3, -0.25) is 9.69 Å². The van der Waals surface area contributed by atoms with E-state index < -0.39 is 9.84 Å². The van der Waals surface area contributed by atoms with Crippen LogP contribution in [0.4, 0.5) is 5.69 Å². The smallest absolute Gasteiger partial charge is 0.227 e. The fourth-order valence-electron chi connectivity index (χ4n) is 3.54. The van der Waals surface area contributed by atoms with Gasteiger partial charge in [0.25, 0.3) is 0 Å². The van der Waals surface area contributed by atoms with E-state index in [4.69, 9.17) is 0 Å². The van der Waals surface area contributed by atoms with E-state index in [9.17, 15) is 13.2 Å². The Morgan fingerprint density at radius 2 is 1.68 bits per heavy atom. The lowest BCUT2D eigenvalue weighted by Gasteiger charge is -2.36. The summed E-state index contributed by atoms with van der Waals surface area (Å²) in [5, 5.41) is 0. The predicted molar refractivity (Wildman–Crippen MR) is 98.6 cm³/mol. The zero-order valence-corrected chi connectivity index (χ0v) is 15.8. The van der Waals surface area contributed by atoms with Gasteiger partial charge in [-0.15, -0.1) is 0 Å². The molecule has 0 spiro atoms. The van der Waals surface area contributed by atoms with Crippen LogP contribution in [0.5, 0.6) is 0 Å². The molecular weight excluding hydrogens is 338 g/mol. The van der Waals surface area contributed by atoms with E-state index in [-0.39, 0.29) is 17.7 Å². The van der Waals surface area contributed by atoms with Gasteiger partial charge in [0.05, 0.1) is 10.6 Å². The first kappa shape index (κ1) is 18.4. The van der Waals surface area contributed by atoms with Crippen LogP contribution in [0.25, 0.3) is 0 Å². The number of amides is 1. The van der Waals surface area contributed by atoms with Crippen molar-refractivity contribution < 1.29 is 13.2 Å². The lowest BCUT2D eigenvalue weighted by Crippen LogP contribution is -2.49. The van der Waals surface area contributed by atoms with Gasteiger partial charge in [-0.1, -0.05) is 0 Å². The van der Waals surface area contributed by atoms with Gasteiger partial charge in [0.15, 0.2) is 9.84 Å². The van der Waals surface area contributed by atoms with Gasteiger partial charge in [-0.25, -0.2) is 8.42 Å². The third-order valence-electron chi connectivity index (χ3n) is 5.20. The number of rotatable bonds is 5. The molecule has 0 saturated carbocycles. The van der Waals surface area contributed by atoms with E-state index in [2.05, 4.69) is 16.8 Å². The predicted octanol–water partition coefficient (Wildman–Crippen LogP) is 1.22. The van der Waals surface area contributed by atoms with Crippen LogP contribution in [0.3, 0.4) is 0 Å². The first-order valence-electron chi connectivity index (χ1n) is 8.92. The van der Waals surface area contributed by atoms with Crippen LogP contribution >= 0.6 is 0 Å². The van der Waals surface area contributed by atoms with Gasteiger partial charge >= 0.3 is 0 Å². The van der Waals surface area contributed by atoms with Crippen LogP contribution in [0.2, 0.25) is 0 Å². The second-order valence-electron chi connectivity index (χ2n) is 7.11. The number of benzene rings is 1. The van der Waals surface area contributed by atoms with Crippen molar-refractivity contribution in [1.82, 2.24) is 9.80 Å². The summed E-state index contributed by atoms with van der Waals surface area (Å²) in [4.78, 5) is 18.4. The summed E-state index contributed by atoms with van der Waals surface area (Å²) in [6.45, 7) is 6.46. The topological polar surface area (TPSA) is 60.9 Å². The lowest BCUT2D eigenvalue weighted by molar-refractivity contribution is -0.117. The van der Waals surface area contributed by atoms with Crippen LogP contribution in [0.1, 0.15) is 19.8 Å². The molecule has 1 aromatic carbocycles. The van der Waals surface area contributed by atoms with Gasteiger partial charge in [0, 0.05) is 50.9 Å². The molecule has 0 bridgehead atoms. The molecule has 138 valence electrons. The molecule has 2 fully saturated rings. The molecular formula is C18H27N3O3S. The Balaban J connectivity index is 1.66. The zero-order valence-electron chi connectivity index (χ0n) is 15.0. The maximum atomic E-state index is 12.7. The zero-order chi connectivity index (χ0) is 18.0. The third-order valence-corrected chi connectivity index (χ3v) is 7.11. The van der Waals surface area contributed by atoms with Crippen LogP contribution < -0.4 is 4.90 Å². The van der Waals surface area contributed by atoms with Gasteiger partial charge in [-0.05, 0) is 44.7 Å². The van der Waals surface area contributed by atoms with Crippen LogP contribution in [0.15, 0.2) is 29.2 Å². The first-order chi connectivity index (χ1) is 11.9. The van der Waals surface area contributed by atoms with E-state index in [1.165, 1.54) is 0 Å². The minimum Gasteiger partial charge on any atom is -0.312 e. The number of carbonyl (C=O) groups excluding carboxylic acids is 1. The molecule has 0 aromatic heterocycles. The number of anilines is 1. The molecule has 0 N–H and O–H groups in total. The van der Waals surface area contributed by atoms with Crippen LogP contribution in [-0.4, -0.2) is 75.7 Å². The first-order valence-corrected chi connectivity index (χ1v) is 10.6. The summed E-state index contributed by atoms with van der Waals surface area (Å²) in [7, 11) is -1.25. The lowest BCUT2D eigenvalue weighted by atomic mass is 10.2. The highest BCUT2D eigenvalue weighted by atomic mass is 32.2. The van der Waals surface area contributed by atoms with E-state index in [0.29, 0.717) is 17.9 Å². The van der Waals surface area contributed by atoms with Gasteiger partial charge in [0.2, 0.25) is 5.91 Å². The van der Waals surface area contributed by atoms with E-state index >= 15 is 0 Å². The highest BCUT2D eigenvalue weighted by Gasteiger charge is 2.26. The fraction of sp³-hybridized carbons (Fsp3) is 0.611. The highest BCUT2D eigenvalue weighted by Crippen LogP contribution is 2.24. The molecule has 2 heterocycles. The minimum absolute atomic E-state index is 0.00136. The van der Waals surface area contributed by atoms with Crippen molar-refractivity contribution in [2.45, 2.75) is 30.7 Å². The van der Waals surface area contributed by atoms with Crippen LogP contribution in [-0.2, 0) is 14.6 Å². The highest BCUT2D eigenvalue weighted by molar-refractivity contribution is 7.91. The average Bonchev–Trinajstić information content (AvgIpc) is 3.01. The summed E-state index contributed by atoms with van der Waals surface area (Å²) in [5.41, 5.74) is 0.786. The molecule has 1 amide bonds. The van der Waals surface area contributed by atoms with Crippen molar-refractivity contribution >= 4 is 21.4 Å². The van der Waals surface area contributed by atoms with Gasteiger partial charge in [0.1, 0.15) is 0 Å². The SMILES string of the molecule is C[C@H](CS(=O)(=O)c1ccc(N2CCCC2=O)cc1)N1CCN(C)CC1. The number of carbonyl (C=O) groups is 1. The van der Waals surface area contributed by atoms with Crippen molar-refractivity contribution in [2.24, 2.45) is 0 Å². The summed E-state index contributed by atoms with van der Waals surface area (Å²) in [6, 6.07) is 6.76. The van der Waals surface area contributed by atoms with Crippen LogP contribution in [0, 0.1) is 0 Å². The Morgan fingerprint density at radius 1 is 1.04 bits per heavy atom. The normalized spacial score (nSPS) is 21.7. The Kier molecular flexibility index (Phi) is 5.46. The van der Waals surface area contributed by atoms with E-state index in [1.54, 1.807) is 29.2 Å². The second-order valence-corrected chi connectivity index (χ2v) is 9.15. The Morgan fingerprint density at radius 3 is 2.24 bits per heavy atom. The standard InChI is InChI=1S/C18H27N3O3S/c1-15(20-12-10-19(2)11-13-20)14-25(23,24)17-7-5-16(6-8-17)21-9-3-4-18(21)22/h5-8,15H,3-4,9-14H2,1-2H3/t15-/m1/s1. The molecule has 7 heteroatoms. The summed E-state index contributed by atoms with van der Waals surface area (Å²) in [5.74, 6) is 0.234. The molecule has 25 heavy (non-hydrogen) atoms. The number of nitrogens with zero attached hydrogens (tertiary/aromatic N) is 3. The molecule has 2 aliphatic rings. The molecule has 0 aliphatic carbocycles. The Labute approximate surface area is 150 Å². The number of hydrogen-bond acceptors (Lipinski definition) is 5. The Hall–Kier alpha value is -1.44. The van der Waals surface area contributed by atoms with Crippen molar-refractivity contribution in [2.75, 3.05) is 50.4 Å². The fourth-order valence-corrected chi connectivity index (χ4v) is 5.13. The van der Waals surface area contributed by atoms with Crippen molar-refractivity contribution in [1.29, 1.82) is 0 Å². The largest absolute Gasteiger partial charge is 0.312 e. The maximum absolute atomic E-state index is 12.7. The molecule has 3 rings (SSSR count). The van der Waals surface area contributed by atoms with Gasteiger partial charge in [-0.2, -0.15) is 0 Å². The molecule has 0 unspecified atom stereocenters. The Bertz CT molecular complexity index is 710. The third kappa shape index (κ3) is 4.22. The molecule has 2 saturated heterocycles. The maximum Gasteiger partial charge on any atom is 0.227 e. The number of hydrogen-bond donors (Lipinski definition) is 0. The molecule has 1 atom stereocenters. The number of sulfone groups is 1. The molecule has 0 radical (unpaired) electrons. The molecule has 2 aliphatic heterocycles. The monoisotopic (exact) mass is 365 g/mol. The summed E-state index contributed by atoms with van der Waals surface area (Å²) >= 11 is 0.